The van der Waals surface area contributed by atoms with Crippen molar-refractivity contribution in [2.75, 3.05) is 59.4 Å². The van der Waals surface area contributed by atoms with Gasteiger partial charge >= 0.3 is 0 Å². The van der Waals surface area contributed by atoms with Crippen LogP contribution in [0, 0.1) is 124 Å². The lowest BCUT2D eigenvalue weighted by Gasteiger charge is -2.57. The van der Waals surface area contributed by atoms with Crippen molar-refractivity contribution in [1.82, 2.24) is 47.9 Å². The second kappa shape index (κ2) is 38.4. The van der Waals surface area contributed by atoms with E-state index in [2.05, 4.69) is 60.7 Å². The fourth-order valence-electron chi connectivity index (χ4n) is 28.6. The third-order valence-electron chi connectivity index (χ3n) is 33.4. The molecule has 9 N–H and O–H groups in total. The van der Waals surface area contributed by atoms with E-state index >= 15 is 0 Å². The standard InChI is InChI=1S/C91H161N9O8/c1-9-17-40-101-76-60-38-31-39-92-75(60)83(108-47-24-16-8)74-73(76)90-98-88-70-69(79(104-43-20-12-4)63-50-56-34-27-28-35-57(56)51-64(63)80(70)105-44-21-13-5)86(96-88)94-84-67-68(78(103-42-19-11-3)62-49-55-33-26-25-32-54(55)48-61(62)77(67)102-41-18-10-2)85(93-84)95-87-71-72(89(97-87)99-91(74)100-90)82(107-46-23-15-7)66-53-59-37-30-29-36-58(59)52-65(66)81(71)106-45-22-14-6/h54-100H,9-53H2,1-8H3. The van der Waals surface area contributed by atoms with E-state index in [9.17, 15) is 0 Å². The van der Waals surface area contributed by atoms with Gasteiger partial charge in [0.05, 0.1) is 98.2 Å². The summed E-state index contributed by atoms with van der Waals surface area (Å²) >= 11 is 0. The van der Waals surface area contributed by atoms with Gasteiger partial charge in [0.2, 0.25) is 0 Å². The minimum absolute atomic E-state index is 0.0176. The van der Waals surface area contributed by atoms with Gasteiger partial charge in [-0.2, -0.15) is 0 Å². The molecule has 0 aromatic heterocycles. The molecule has 0 aromatic rings. The first-order valence-electron chi connectivity index (χ1n) is 48.0. The number of piperidine rings is 1. The Bertz CT molecular complexity index is 2540. The molecule has 10 saturated carbocycles. The molecule has 0 spiro atoms. The van der Waals surface area contributed by atoms with Gasteiger partial charge in [-0.05, 0) is 180 Å². The van der Waals surface area contributed by atoms with Gasteiger partial charge in [-0.1, -0.05) is 184 Å². The Kier molecular flexibility index (Phi) is 28.8. The van der Waals surface area contributed by atoms with Crippen LogP contribution >= 0.6 is 0 Å². The molecule has 0 aromatic carbocycles. The summed E-state index contributed by atoms with van der Waals surface area (Å²) in [6, 6.07) is 0.189. The van der Waals surface area contributed by atoms with Crippen LogP contribution in [0.3, 0.4) is 0 Å². The number of hydrogen-bond acceptors (Lipinski definition) is 17. The zero-order valence-electron chi connectivity index (χ0n) is 69.5. The van der Waals surface area contributed by atoms with Crippen LogP contribution in [0.15, 0.2) is 0 Å². The van der Waals surface area contributed by atoms with Crippen molar-refractivity contribution in [1.29, 1.82) is 0 Å². The molecular weight excluding hydrogens is 1350 g/mol. The highest BCUT2D eigenvalue weighted by molar-refractivity contribution is 5.21. The SMILES string of the molecule is CCCCOC1C2CC3CCCCC3CC2C(OCCCC)C2C3NC(NC4NC(NC5NC(NC6NC(N3)C3C(OCCCC)C7CC8CCCCC8CC7C(OCCCC)C63)C3C(OCCCC)C6NCCCC6C(OCCCC)C53)C3C(OCCCC)C5CC6CCCCC6CC5C(OCCCC)C43)C12. The predicted molar refractivity (Wildman–Crippen MR) is 430 cm³/mol. The lowest BCUT2D eigenvalue weighted by atomic mass is 9.53. The van der Waals surface area contributed by atoms with Crippen molar-refractivity contribution in [3.05, 3.63) is 0 Å². The van der Waals surface area contributed by atoms with E-state index in [1.165, 1.54) is 116 Å². The molecule has 6 saturated heterocycles. The summed E-state index contributed by atoms with van der Waals surface area (Å²) in [6.45, 7) is 26.3. The maximum atomic E-state index is 7.95. The third-order valence-corrected chi connectivity index (χ3v) is 33.4. The molecule has 17 heteroatoms. The number of ether oxygens (including phenoxy) is 8. The first kappa shape index (κ1) is 81.1. The molecule has 0 amide bonds. The molecule has 8 bridgehead atoms. The zero-order chi connectivity index (χ0) is 73.8. The molecule has 38 atom stereocenters. The van der Waals surface area contributed by atoms with E-state index in [1.54, 1.807) is 0 Å². The summed E-state index contributed by atoms with van der Waals surface area (Å²) in [5.74, 6) is 8.57. The minimum Gasteiger partial charge on any atom is -0.378 e. The van der Waals surface area contributed by atoms with Crippen molar-refractivity contribution in [2.45, 2.75) is 391 Å². The average Bonchev–Trinajstić information content (AvgIpc) is 1.51. The van der Waals surface area contributed by atoms with Gasteiger partial charge in [-0.3, -0.25) is 42.5 Å². The molecule has 16 fully saturated rings. The van der Waals surface area contributed by atoms with Crippen LogP contribution in [0.5, 0.6) is 0 Å². The Morgan fingerprint density at radius 1 is 0.213 bits per heavy atom. The molecule has 16 rings (SSSR count). The van der Waals surface area contributed by atoms with E-state index in [0.29, 0.717) is 41.4 Å². The Morgan fingerprint density at radius 2 is 0.398 bits per heavy atom. The zero-order valence-corrected chi connectivity index (χ0v) is 69.5. The van der Waals surface area contributed by atoms with Gasteiger partial charge in [0.25, 0.3) is 0 Å². The number of nitrogens with one attached hydrogen (secondary N) is 9. The summed E-state index contributed by atoms with van der Waals surface area (Å²) < 4.78 is 63.1. The van der Waals surface area contributed by atoms with Gasteiger partial charge in [-0.25, -0.2) is 0 Å². The largest absolute Gasteiger partial charge is 0.378 e. The van der Waals surface area contributed by atoms with Crippen molar-refractivity contribution < 1.29 is 37.9 Å². The van der Waals surface area contributed by atoms with Crippen molar-refractivity contribution in [2.24, 2.45) is 124 Å². The number of hydrogen-bond donors (Lipinski definition) is 9. The molecular formula is C91H161N9O8. The van der Waals surface area contributed by atoms with Crippen LogP contribution in [-0.2, 0) is 37.9 Å². The second-order valence-electron chi connectivity index (χ2n) is 39.4. The normalized spacial score (nSPS) is 48.4. The highest BCUT2D eigenvalue weighted by atomic mass is 16.5. The summed E-state index contributed by atoms with van der Waals surface area (Å²) in [4.78, 5) is 0. The third kappa shape index (κ3) is 16.5. The molecule has 16 aliphatic rings. The predicted octanol–water partition coefficient (Wildman–Crippen LogP) is 14.7. The molecule has 0 radical (unpaired) electrons. The Morgan fingerprint density at radius 3 is 0.602 bits per heavy atom. The Labute approximate surface area is 656 Å². The highest BCUT2D eigenvalue weighted by Crippen LogP contribution is 2.62. The quantitative estimate of drug-likeness (QED) is 0.0290. The molecule has 17 nitrogen and oxygen atoms in total. The Balaban J connectivity index is 0.891. The van der Waals surface area contributed by atoms with Gasteiger partial charge < -0.3 is 43.2 Å². The average molecular weight is 1510 g/mol. The van der Waals surface area contributed by atoms with Crippen LogP contribution in [0.1, 0.15) is 287 Å². The van der Waals surface area contributed by atoms with Crippen LogP contribution in [0.4, 0.5) is 0 Å². The fourth-order valence-corrected chi connectivity index (χ4v) is 28.6. The Hall–Kier alpha value is -0.680. The first-order valence-corrected chi connectivity index (χ1v) is 48.0. The number of rotatable bonds is 32. The van der Waals surface area contributed by atoms with Crippen molar-refractivity contribution in [3.63, 3.8) is 0 Å². The molecule has 6 heterocycles. The summed E-state index contributed by atoms with van der Waals surface area (Å²) in [5.41, 5.74) is 0. The molecule has 38 unspecified atom stereocenters. The number of fused-ring (bicyclic) bond motifs is 27. The van der Waals surface area contributed by atoms with E-state index in [4.69, 9.17) is 80.4 Å². The van der Waals surface area contributed by atoms with Crippen LogP contribution in [-0.4, -0.2) is 164 Å². The van der Waals surface area contributed by atoms with Gasteiger partial charge in [0, 0.05) is 112 Å². The summed E-state index contributed by atoms with van der Waals surface area (Å²) in [6.07, 6.45) is 43.8. The minimum atomic E-state index is -0.112. The van der Waals surface area contributed by atoms with E-state index in [1.807, 2.05) is 0 Å². The second-order valence-corrected chi connectivity index (χ2v) is 39.4. The number of unbranched alkanes of at least 4 members (excludes halogenated alkanes) is 8. The van der Waals surface area contributed by atoms with Crippen molar-refractivity contribution >= 4 is 0 Å². The van der Waals surface area contributed by atoms with Gasteiger partial charge in [0.15, 0.2) is 0 Å². The maximum Gasteiger partial charge on any atom is 0.0792 e. The maximum absolute atomic E-state index is 7.95. The molecule has 108 heavy (non-hydrogen) atoms. The fraction of sp³-hybridized carbons (Fsp3) is 1.00. The first-order chi connectivity index (χ1) is 53.3. The lowest BCUT2D eigenvalue weighted by Crippen LogP contribution is -2.68. The van der Waals surface area contributed by atoms with E-state index in [-0.39, 0.29) is 152 Å². The summed E-state index contributed by atoms with van der Waals surface area (Å²) in [7, 11) is 0. The van der Waals surface area contributed by atoms with Crippen LogP contribution in [0.25, 0.3) is 0 Å². The van der Waals surface area contributed by atoms with Crippen molar-refractivity contribution in [3.8, 4) is 0 Å². The van der Waals surface area contributed by atoms with Gasteiger partial charge in [0.1, 0.15) is 0 Å². The molecule has 6 aliphatic heterocycles. The van der Waals surface area contributed by atoms with Crippen LogP contribution in [0.2, 0.25) is 0 Å². The molecule has 618 valence electrons. The summed E-state index contributed by atoms with van der Waals surface area (Å²) in [5, 5.41) is 42.6. The molecule has 10 aliphatic carbocycles. The van der Waals surface area contributed by atoms with E-state index in [0.717, 1.165) is 210 Å². The monoisotopic (exact) mass is 1510 g/mol. The van der Waals surface area contributed by atoms with Crippen LogP contribution < -0.4 is 47.9 Å². The lowest BCUT2D eigenvalue weighted by molar-refractivity contribution is -0.193. The van der Waals surface area contributed by atoms with E-state index < -0.39 is 0 Å². The smallest absolute Gasteiger partial charge is 0.0792 e. The highest BCUT2D eigenvalue weighted by Gasteiger charge is 2.70. The topological polar surface area (TPSA) is 182 Å². The van der Waals surface area contributed by atoms with Gasteiger partial charge in [-0.15, -0.1) is 0 Å².